The van der Waals surface area contributed by atoms with Crippen molar-refractivity contribution in [1.82, 2.24) is 19.6 Å². The van der Waals surface area contributed by atoms with Crippen LogP contribution in [0.1, 0.15) is 16.8 Å². The van der Waals surface area contributed by atoms with E-state index in [2.05, 4.69) is 20.4 Å². The summed E-state index contributed by atoms with van der Waals surface area (Å²) in [6.45, 7) is 3.63. The van der Waals surface area contributed by atoms with Gasteiger partial charge < -0.3 is 5.32 Å². The molecule has 114 valence electrons. The van der Waals surface area contributed by atoms with Crippen molar-refractivity contribution in [3.05, 3.63) is 47.4 Å². The molecule has 0 unspecified atom stereocenters. The van der Waals surface area contributed by atoms with Crippen molar-refractivity contribution in [2.45, 2.75) is 20.0 Å². The molecule has 2 aromatic heterocycles. The maximum absolute atomic E-state index is 12.8. The number of nitrogens with zero attached hydrogens (tertiary/aromatic N) is 4. The van der Waals surface area contributed by atoms with Gasteiger partial charge in [0.15, 0.2) is 0 Å². The fourth-order valence-corrected chi connectivity index (χ4v) is 2.09. The summed E-state index contributed by atoms with van der Waals surface area (Å²) in [5.74, 6) is 0.928. The summed E-state index contributed by atoms with van der Waals surface area (Å²) in [6.07, 6.45) is -3.04. The number of rotatable bonds is 2. The summed E-state index contributed by atoms with van der Waals surface area (Å²) in [5.41, 5.74) is 1.13. The summed E-state index contributed by atoms with van der Waals surface area (Å²) in [7, 11) is 0. The molecule has 3 aromatic rings. The summed E-state index contributed by atoms with van der Waals surface area (Å²) in [6, 6.07) is 5.00. The van der Waals surface area contributed by atoms with Gasteiger partial charge in [0.25, 0.3) is 5.78 Å². The molecule has 0 aliphatic carbocycles. The summed E-state index contributed by atoms with van der Waals surface area (Å²) in [5, 5.41) is 7.02. The van der Waals surface area contributed by atoms with Crippen molar-refractivity contribution in [3.8, 4) is 0 Å². The van der Waals surface area contributed by atoms with Crippen molar-refractivity contribution in [2.75, 3.05) is 5.32 Å². The average Bonchev–Trinajstić information content (AvgIpc) is 2.91. The number of hydrogen-bond donors (Lipinski definition) is 1. The first-order valence-corrected chi connectivity index (χ1v) is 6.47. The number of hydrogen-bond acceptors (Lipinski definition) is 4. The third kappa shape index (κ3) is 2.47. The molecule has 0 amide bonds. The average molecular weight is 307 g/mol. The zero-order valence-corrected chi connectivity index (χ0v) is 11.8. The molecule has 0 aliphatic rings. The molecule has 5 nitrogen and oxygen atoms in total. The molecule has 0 aliphatic heterocycles. The second kappa shape index (κ2) is 4.97. The van der Waals surface area contributed by atoms with Crippen LogP contribution < -0.4 is 5.32 Å². The first-order chi connectivity index (χ1) is 10.4. The molecular formula is C14H12F3N5. The van der Waals surface area contributed by atoms with Crippen molar-refractivity contribution >= 4 is 17.3 Å². The number of benzene rings is 1. The van der Waals surface area contributed by atoms with Crippen LogP contribution in [0.4, 0.5) is 24.7 Å². The van der Waals surface area contributed by atoms with Crippen LogP contribution in [-0.2, 0) is 6.18 Å². The molecule has 0 saturated heterocycles. The van der Waals surface area contributed by atoms with Gasteiger partial charge in [-0.25, -0.2) is 4.98 Å². The van der Waals surface area contributed by atoms with E-state index in [-0.39, 0.29) is 0 Å². The standard InChI is InChI=1S/C14H12F3N5/c1-8-9(2)20-13-18-7-19-22(13)12(8)21-11-5-3-4-10(6-11)14(15,16)17/h3-7,21H,1-2H3. The Balaban J connectivity index is 2.07. The van der Waals surface area contributed by atoms with Crippen molar-refractivity contribution < 1.29 is 13.2 Å². The fraction of sp³-hybridized carbons (Fsp3) is 0.214. The zero-order chi connectivity index (χ0) is 15.9. The van der Waals surface area contributed by atoms with Crippen LogP contribution in [-0.4, -0.2) is 19.6 Å². The van der Waals surface area contributed by atoms with E-state index in [0.29, 0.717) is 17.3 Å². The molecule has 0 radical (unpaired) electrons. The van der Waals surface area contributed by atoms with Gasteiger partial charge >= 0.3 is 6.18 Å². The summed E-state index contributed by atoms with van der Waals surface area (Å²) >= 11 is 0. The van der Waals surface area contributed by atoms with Gasteiger partial charge in [-0.2, -0.15) is 27.8 Å². The topological polar surface area (TPSA) is 55.1 Å². The SMILES string of the molecule is Cc1nc2ncnn2c(Nc2cccc(C(F)(F)F)c2)c1C. The molecule has 8 heteroatoms. The Bertz CT molecular complexity index is 838. The van der Waals surface area contributed by atoms with Crippen molar-refractivity contribution in [2.24, 2.45) is 0 Å². The highest BCUT2D eigenvalue weighted by molar-refractivity contribution is 5.63. The summed E-state index contributed by atoms with van der Waals surface area (Å²) in [4.78, 5) is 8.26. The van der Waals surface area contributed by atoms with Gasteiger partial charge in [0.05, 0.1) is 5.56 Å². The number of anilines is 2. The predicted molar refractivity (Wildman–Crippen MR) is 75.0 cm³/mol. The molecule has 2 heterocycles. The lowest BCUT2D eigenvalue weighted by Crippen LogP contribution is -2.08. The zero-order valence-electron chi connectivity index (χ0n) is 11.8. The van der Waals surface area contributed by atoms with Gasteiger partial charge in [0.2, 0.25) is 0 Å². The minimum atomic E-state index is -4.39. The monoisotopic (exact) mass is 307 g/mol. The predicted octanol–water partition coefficient (Wildman–Crippen LogP) is 3.50. The Hall–Kier alpha value is -2.64. The van der Waals surface area contributed by atoms with Crippen LogP contribution in [0.3, 0.4) is 0 Å². The van der Waals surface area contributed by atoms with Crippen LogP contribution in [0.5, 0.6) is 0 Å². The van der Waals surface area contributed by atoms with E-state index in [1.165, 1.54) is 16.9 Å². The molecule has 1 N–H and O–H groups in total. The minimum absolute atomic E-state index is 0.320. The van der Waals surface area contributed by atoms with Gasteiger partial charge in [-0.3, -0.25) is 0 Å². The van der Waals surface area contributed by atoms with E-state index >= 15 is 0 Å². The second-order valence-electron chi connectivity index (χ2n) is 4.85. The smallest absolute Gasteiger partial charge is 0.340 e. The number of alkyl halides is 3. The highest BCUT2D eigenvalue weighted by atomic mass is 19.4. The molecular weight excluding hydrogens is 295 g/mol. The van der Waals surface area contributed by atoms with E-state index in [0.717, 1.165) is 23.4 Å². The van der Waals surface area contributed by atoms with Crippen molar-refractivity contribution in [1.29, 1.82) is 0 Å². The van der Waals surface area contributed by atoms with Crippen LogP contribution in [0.15, 0.2) is 30.6 Å². The lowest BCUT2D eigenvalue weighted by molar-refractivity contribution is -0.137. The van der Waals surface area contributed by atoms with E-state index < -0.39 is 11.7 Å². The fourth-order valence-electron chi connectivity index (χ4n) is 2.09. The molecule has 22 heavy (non-hydrogen) atoms. The number of aryl methyl sites for hydroxylation is 1. The molecule has 1 aromatic carbocycles. The van der Waals surface area contributed by atoms with Gasteiger partial charge in [0.1, 0.15) is 12.1 Å². The number of nitrogens with one attached hydrogen (secondary N) is 1. The van der Waals surface area contributed by atoms with Gasteiger partial charge in [0, 0.05) is 16.9 Å². The first-order valence-electron chi connectivity index (χ1n) is 6.47. The number of aromatic nitrogens is 4. The molecule has 0 bridgehead atoms. The highest BCUT2D eigenvalue weighted by Crippen LogP contribution is 2.32. The molecule has 0 fully saturated rings. The Morgan fingerprint density at radius 1 is 1.18 bits per heavy atom. The van der Waals surface area contributed by atoms with Crippen LogP contribution in [0.2, 0.25) is 0 Å². The maximum Gasteiger partial charge on any atom is 0.416 e. The normalized spacial score (nSPS) is 11.9. The first kappa shape index (κ1) is 14.3. The molecule has 3 rings (SSSR count). The third-order valence-corrected chi connectivity index (χ3v) is 3.36. The Morgan fingerprint density at radius 2 is 1.95 bits per heavy atom. The Labute approximate surface area is 123 Å². The molecule has 0 spiro atoms. The van der Waals surface area contributed by atoms with Crippen molar-refractivity contribution in [3.63, 3.8) is 0 Å². The Kier molecular flexibility index (Phi) is 3.23. The summed E-state index contributed by atoms with van der Waals surface area (Å²) < 4.78 is 39.8. The lowest BCUT2D eigenvalue weighted by Gasteiger charge is -2.14. The van der Waals surface area contributed by atoms with Gasteiger partial charge in [-0.1, -0.05) is 6.07 Å². The van der Waals surface area contributed by atoms with Crippen LogP contribution in [0, 0.1) is 13.8 Å². The molecule has 0 atom stereocenters. The van der Waals surface area contributed by atoms with E-state index in [1.807, 2.05) is 6.92 Å². The second-order valence-corrected chi connectivity index (χ2v) is 4.85. The third-order valence-electron chi connectivity index (χ3n) is 3.36. The van der Waals surface area contributed by atoms with E-state index in [4.69, 9.17) is 0 Å². The van der Waals surface area contributed by atoms with Gasteiger partial charge in [-0.05, 0) is 32.0 Å². The number of halogens is 3. The largest absolute Gasteiger partial charge is 0.416 e. The maximum atomic E-state index is 12.8. The number of fused-ring (bicyclic) bond motifs is 1. The van der Waals surface area contributed by atoms with Crippen LogP contribution >= 0.6 is 0 Å². The van der Waals surface area contributed by atoms with Crippen LogP contribution in [0.25, 0.3) is 5.78 Å². The molecule has 0 saturated carbocycles. The minimum Gasteiger partial charge on any atom is -0.340 e. The van der Waals surface area contributed by atoms with Gasteiger partial charge in [-0.15, -0.1) is 0 Å². The van der Waals surface area contributed by atoms with E-state index in [1.54, 1.807) is 13.0 Å². The lowest BCUT2D eigenvalue weighted by atomic mass is 10.2. The quantitative estimate of drug-likeness (QED) is 0.787. The Morgan fingerprint density at radius 3 is 2.68 bits per heavy atom. The van der Waals surface area contributed by atoms with E-state index in [9.17, 15) is 13.2 Å². The highest BCUT2D eigenvalue weighted by Gasteiger charge is 2.30.